The number of nitrogens with one attached hydrogen (secondary N) is 1. The van der Waals surface area contributed by atoms with Gasteiger partial charge >= 0.3 is 0 Å². The van der Waals surface area contributed by atoms with Gasteiger partial charge in [0.05, 0.1) is 0 Å². The summed E-state index contributed by atoms with van der Waals surface area (Å²) in [6.07, 6.45) is 8.31. The summed E-state index contributed by atoms with van der Waals surface area (Å²) < 4.78 is 11.8. The molecule has 3 nitrogen and oxygen atoms in total. The Morgan fingerprint density at radius 1 is 1.25 bits per heavy atom. The zero-order valence-corrected chi connectivity index (χ0v) is 12.4. The predicted molar refractivity (Wildman–Crippen MR) is 83.8 cm³/mol. The van der Waals surface area contributed by atoms with E-state index in [9.17, 15) is 9.00 Å². The lowest BCUT2D eigenvalue weighted by atomic mass is 10.2. The molecule has 0 unspecified atom stereocenters. The average Bonchev–Trinajstić information content (AvgIpc) is 2.92. The standard InChI is InChI=1S/C16H21NO2S/c18-16(17-15-10-4-5-11-15)13-20(19)12-6-9-14-7-2-1-3-8-14/h1-3,6-9,15H,4-5,10-13H2,(H,17,18)/b9-6+/t20-/m0/s1. The summed E-state index contributed by atoms with van der Waals surface area (Å²) in [6, 6.07) is 10.2. The molecule has 0 spiro atoms. The van der Waals surface area contributed by atoms with Crippen LogP contribution >= 0.6 is 0 Å². The first kappa shape index (κ1) is 15.0. The van der Waals surface area contributed by atoms with Crippen LogP contribution in [-0.4, -0.2) is 27.7 Å². The Hall–Kier alpha value is -1.42. The summed E-state index contributed by atoms with van der Waals surface area (Å²) in [7, 11) is -1.12. The maximum atomic E-state index is 11.8. The van der Waals surface area contributed by atoms with E-state index >= 15 is 0 Å². The molecular formula is C16H21NO2S. The summed E-state index contributed by atoms with van der Waals surface area (Å²) in [4.78, 5) is 11.7. The van der Waals surface area contributed by atoms with Crippen LogP contribution in [0.5, 0.6) is 0 Å². The van der Waals surface area contributed by atoms with E-state index in [1.54, 1.807) is 0 Å². The van der Waals surface area contributed by atoms with Gasteiger partial charge in [0, 0.05) is 22.6 Å². The minimum atomic E-state index is -1.12. The van der Waals surface area contributed by atoms with Gasteiger partial charge in [-0.3, -0.25) is 9.00 Å². The molecule has 0 bridgehead atoms. The molecular weight excluding hydrogens is 270 g/mol. The lowest BCUT2D eigenvalue weighted by Crippen LogP contribution is -2.36. The van der Waals surface area contributed by atoms with Gasteiger partial charge in [0.15, 0.2) is 0 Å². The fraction of sp³-hybridized carbons (Fsp3) is 0.438. The van der Waals surface area contributed by atoms with Crippen molar-refractivity contribution in [3.05, 3.63) is 42.0 Å². The largest absolute Gasteiger partial charge is 0.353 e. The first-order valence-corrected chi connectivity index (χ1v) is 8.59. The van der Waals surface area contributed by atoms with Gasteiger partial charge in [0.2, 0.25) is 5.91 Å². The Labute approximate surface area is 122 Å². The van der Waals surface area contributed by atoms with Gasteiger partial charge in [-0.15, -0.1) is 0 Å². The highest BCUT2D eigenvalue weighted by Gasteiger charge is 2.17. The molecule has 0 aliphatic heterocycles. The van der Waals surface area contributed by atoms with Crippen molar-refractivity contribution in [2.24, 2.45) is 0 Å². The molecule has 1 fully saturated rings. The van der Waals surface area contributed by atoms with Crippen molar-refractivity contribution in [2.75, 3.05) is 11.5 Å². The summed E-state index contributed by atoms with van der Waals surface area (Å²) >= 11 is 0. The van der Waals surface area contributed by atoms with Gasteiger partial charge in [-0.1, -0.05) is 55.3 Å². The monoisotopic (exact) mass is 291 g/mol. The van der Waals surface area contributed by atoms with Crippen LogP contribution in [0.1, 0.15) is 31.2 Å². The molecule has 1 saturated carbocycles. The number of amides is 1. The second-order valence-electron chi connectivity index (χ2n) is 5.11. The molecule has 20 heavy (non-hydrogen) atoms. The fourth-order valence-corrected chi connectivity index (χ4v) is 3.20. The molecule has 0 heterocycles. The molecule has 4 heteroatoms. The molecule has 0 saturated heterocycles. The van der Waals surface area contributed by atoms with Gasteiger partial charge < -0.3 is 5.32 Å². The SMILES string of the molecule is O=C(C[S@@](=O)C/C=C/c1ccccc1)NC1CCCC1. The summed E-state index contributed by atoms with van der Waals surface area (Å²) in [5, 5.41) is 2.96. The van der Waals surface area contributed by atoms with E-state index in [4.69, 9.17) is 0 Å². The Bertz CT molecular complexity index is 479. The number of carbonyl (C=O) groups excluding carboxylic acids is 1. The molecule has 2 rings (SSSR count). The third-order valence-electron chi connectivity index (χ3n) is 3.40. The van der Waals surface area contributed by atoms with E-state index in [0.717, 1.165) is 18.4 Å². The zero-order valence-electron chi connectivity index (χ0n) is 11.6. The predicted octanol–water partition coefficient (Wildman–Crippen LogP) is 2.51. The van der Waals surface area contributed by atoms with E-state index in [0.29, 0.717) is 11.8 Å². The zero-order chi connectivity index (χ0) is 14.2. The number of hydrogen-bond donors (Lipinski definition) is 1. The van der Waals surface area contributed by atoms with Crippen molar-refractivity contribution in [3.8, 4) is 0 Å². The summed E-state index contributed by atoms with van der Waals surface area (Å²) in [6.45, 7) is 0. The van der Waals surface area contributed by atoms with E-state index in [1.807, 2.05) is 42.5 Å². The number of hydrogen-bond acceptors (Lipinski definition) is 2. The van der Waals surface area contributed by atoms with E-state index in [1.165, 1.54) is 12.8 Å². The van der Waals surface area contributed by atoms with Crippen molar-refractivity contribution in [1.29, 1.82) is 0 Å². The minimum Gasteiger partial charge on any atom is -0.353 e. The van der Waals surface area contributed by atoms with Gasteiger partial charge in [0.25, 0.3) is 0 Å². The van der Waals surface area contributed by atoms with Crippen molar-refractivity contribution >= 4 is 22.8 Å². The Morgan fingerprint density at radius 3 is 2.65 bits per heavy atom. The van der Waals surface area contributed by atoms with E-state index < -0.39 is 10.8 Å². The number of rotatable bonds is 6. The van der Waals surface area contributed by atoms with Gasteiger partial charge in [-0.2, -0.15) is 0 Å². The van der Waals surface area contributed by atoms with Crippen LogP contribution in [0.25, 0.3) is 6.08 Å². The highest BCUT2D eigenvalue weighted by Crippen LogP contribution is 2.17. The van der Waals surface area contributed by atoms with Crippen LogP contribution in [0.3, 0.4) is 0 Å². The van der Waals surface area contributed by atoms with Crippen molar-refractivity contribution in [1.82, 2.24) is 5.32 Å². The Balaban J connectivity index is 1.69. The van der Waals surface area contributed by atoms with Gasteiger partial charge in [-0.25, -0.2) is 0 Å². The molecule has 108 valence electrons. The average molecular weight is 291 g/mol. The van der Waals surface area contributed by atoms with Crippen LogP contribution in [0, 0.1) is 0 Å². The second kappa shape index (κ2) is 8.00. The fourth-order valence-electron chi connectivity index (χ4n) is 2.40. The quantitative estimate of drug-likeness (QED) is 0.875. The first-order chi connectivity index (χ1) is 9.74. The third-order valence-corrected chi connectivity index (χ3v) is 4.55. The molecule has 1 atom stereocenters. The molecule has 0 radical (unpaired) electrons. The van der Waals surface area contributed by atoms with Crippen LogP contribution in [0.15, 0.2) is 36.4 Å². The normalized spacial score (nSPS) is 17.4. The van der Waals surface area contributed by atoms with Gasteiger partial charge in [0.1, 0.15) is 5.75 Å². The smallest absolute Gasteiger partial charge is 0.232 e. The molecule has 1 aromatic carbocycles. The van der Waals surface area contributed by atoms with Gasteiger partial charge in [-0.05, 0) is 18.4 Å². The minimum absolute atomic E-state index is 0.0802. The molecule has 1 N–H and O–H groups in total. The van der Waals surface area contributed by atoms with Crippen LogP contribution in [0.2, 0.25) is 0 Å². The maximum absolute atomic E-state index is 11.8. The summed E-state index contributed by atoms with van der Waals surface area (Å²) in [5.41, 5.74) is 1.08. The van der Waals surface area contributed by atoms with Crippen LogP contribution < -0.4 is 5.32 Å². The topological polar surface area (TPSA) is 46.2 Å². The summed E-state index contributed by atoms with van der Waals surface area (Å²) in [5.74, 6) is 0.450. The second-order valence-corrected chi connectivity index (χ2v) is 6.61. The molecule has 1 amide bonds. The molecule has 0 aromatic heterocycles. The van der Waals surface area contributed by atoms with E-state index in [-0.39, 0.29) is 11.7 Å². The Kier molecular flexibility index (Phi) is 5.99. The van der Waals surface area contributed by atoms with E-state index in [2.05, 4.69) is 5.32 Å². The van der Waals surface area contributed by atoms with Crippen molar-refractivity contribution in [3.63, 3.8) is 0 Å². The maximum Gasteiger partial charge on any atom is 0.232 e. The third kappa shape index (κ3) is 5.29. The molecule has 1 aliphatic carbocycles. The number of benzene rings is 1. The Morgan fingerprint density at radius 2 is 1.95 bits per heavy atom. The highest BCUT2D eigenvalue weighted by atomic mass is 32.2. The van der Waals surface area contributed by atoms with Crippen molar-refractivity contribution < 1.29 is 9.00 Å². The molecule has 1 aliphatic rings. The number of carbonyl (C=O) groups is 1. The van der Waals surface area contributed by atoms with Crippen molar-refractivity contribution in [2.45, 2.75) is 31.7 Å². The first-order valence-electron chi connectivity index (χ1n) is 7.10. The highest BCUT2D eigenvalue weighted by molar-refractivity contribution is 7.85. The van der Waals surface area contributed by atoms with Crippen LogP contribution in [0.4, 0.5) is 0 Å². The lowest BCUT2D eigenvalue weighted by Gasteiger charge is -2.11. The van der Waals surface area contributed by atoms with Crippen LogP contribution in [-0.2, 0) is 15.6 Å². The lowest BCUT2D eigenvalue weighted by molar-refractivity contribution is -0.119. The molecule has 1 aromatic rings.